The summed E-state index contributed by atoms with van der Waals surface area (Å²) in [5.41, 5.74) is 24.4. The average Bonchev–Trinajstić information content (AvgIpc) is 3.88. The van der Waals surface area contributed by atoms with Crippen molar-refractivity contribution in [1.82, 2.24) is 29.8 Å². The SMILES string of the molecule is Nc1cccc(-n2cc3ccccc3n2)c1.Nc1cccc(-n2ncc3ccccc32)c1.Nc1cccc(I)c1.c1ccc2[nH]ncc2c1. The van der Waals surface area contributed by atoms with E-state index in [4.69, 9.17) is 17.2 Å². The second-order valence-corrected chi connectivity index (χ2v) is 12.2. The number of benzene rings is 6. The van der Waals surface area contributed by atoms with Gasteiger partial charge in [-0.05, 0) is 95.4 Å². The zero-order chi connectivity index (χ0) is 34.0. The van der Waals surface area contributed by atoms with Crippen LogP contribution in [0.4, 0.5) is 17.1 Å². The Bertz CT molecular complexity index is 2340. The lowest BCUT2D eigenvalue weighted by Gasteiger charge is -2.03. The predicted molar refractivity (Wildman–Crippen MR) is 211 cm³/mol. The molecule has 9 rings (SSSR count). The van der Waals surface area contributed by atoms with Gasteiger partial charge in [0.25, 0.3) is 0 Å². The smallest absolute Gasteiger partial charge is 0.0927 e. The molecule has 0 aliphatic carbocycles. The fourth-order valence-electron chi connectivity index (χ4n) is 4.99. The van der Waals surface area contributed by atoms with Gasteiger partial charge in [0.1, 0.15) is 0 Å². The Labute approximate surface area is 297 Å². The van der Waals surface area contributed by atoms with E-state index < -0.39 is 0 Å². The van der Waals surface area contributed by atoms with E-state index in [1.165, 1.54) is 3.57 Å². The number of fused-ring (bicyclic) bond motifs is 3. The monoisotopic (exact) mass is 755 g/mol. The van der Waals surface area contributed by atoms with Gasteiger partial charge in [0.2, 0.25) is 0 Å². The van der Waals surface area contributed by atoms with Crippen LogP contribution in [0.1, 0.15) is 0 Å². The molecule has 7 N–H and O–H groups in total. The first-order chi connectivity index (χ1) is 23.9. The number of halogens is 1. The number of hydrogen-bond donors (Lipinski definition) is 4. The summed E-state index contributed by atoms with van der Waals surface area (Å²) in [6.45, 7) is 0. The van der Waals surface area contributed by atoms with Gasteiger partial charge in [-0.25, -0.2) is 9.36 Å². The number of aromatic nitrogens is 6. The molecule has 10 heteroatoms. The first-order valence-corrected chi connectivity index (χ1v) is 16.5. The number of para-hydroxylation sites is 2. The van der Waals surface area contributed by atoms with E-state index >= 15 is 0 Å². The van der Waals surface area contributed by atoms with Crippen LogP contribution in [0, 0.1) is 3.57 Å². The number of hydrogen-bond acceptors (Lipinski definition) is 6. The molecule has 0 aliphatic heterocycles. The van der Waals surface area contributed by atoms with Gasteiger partial charge in [-0.3, -0.25) is 5.10 Å². The summed E-state index contributed by atoms with van der Waals surface area (Å²) in [6.07, 6.45) is 5.68. The topological polar surface area (TPSA) is 142 Å². The maximum Gasteiger partial charge on any atom is 0.0927 e. The number of nitrogens with two attached hydrogens (primary N) is 3. The number of rotatable bonds is 2. The highest BCUT2D eigenvalue weighted by atomic mass is 127. The second kappa shape index (κ2) is 15.6. The van der Waals surface area contributed by atoms with Crippen molar-refractivity contribution in [2.24, 2.45) is 0 Å². The van der Waals surface area contributed by atoms with Crippen LogP contribution in [0.5, 0.6) is 0 Å². The molecule has 0 fully saturated rings. The molecule has 0 amide bonds. The Balaban J connectivity index is 0.000000118. The van der Waals surface area contributed by atoms with Gasteiger partial charge < -0.3 is 17.2 Å². The minimum Gasteiger partial charge on any atom is -0.399 e. The molecule has 9 aromatic rings. The second-order valence-electron chi connectivity index (χ2n) is 10.9. The minimum atomic E-state index is 0.747. The highest BCUT2D eigenvalue weighted by Crippen LogP contribution is 2.19. The van der Waals surface area contributed by atoms with E-state index in [0.717, 1.165) is 61.1 Å². The van der Waals surface area contributed by atoms with Crippen molar-refractivity contribution in [2.75, 3.05) is 17.2 Å². The molecule has 0 unspecified atom stereocenters. The average molecular weight is 756 g/mol. The van der Waals surface area contributed by atoms with Crippen molar-refractivity contribution in [3.63, 3.8) is 0 Å². The van der Waals surface area contributed by atoms with Crippen molar-refractivity contribution < 1.29 is 0 Å². The molecule has 0 aliphatic rings. The molecule has 0 spiro atoms. The molecular formula is C39H34IN9. The fourth-order valence-corrected chi connectivity index (χ4v) is 5.55. The molecule has 49 heavy (non-hydrogen) atoms. The van der Waals surface area contributed by atoms with Crippen molar-refractivity contribution in [3.05, 3.63) is 168 Å². The van der Waals surface area contributed by atoms with E-state index in [0.29, 0.717) is 0 Å². The number of anilines is 3. The molecule has 9 nitrogen and oxygen atoms in total. The van der Waals surface area contributed by atoms with Crippen LogP contribution in [0.15, 0.2) is 164 Å². The molecule has 3 aromatic heterocycles. The Hall–Kier alpha value is -6.14. The summed E-state index contributed by atoms with van der Waals surface area (Å²) >= 11 is 2.23. The maximum absolute atomic E-state index is 5.77. The predicted octanol–water partition coefficient (Wildman–Crippen LogP) is 8.65. The quantitative estimate of drug-likeness (QED) is 0.103. The van der Waals surface area contributed by atoms with E-state index in [1.807, 2.05) is 174 Å². The van der Waals surface area contributed by atoms with Crippen LogP contribution < -0.4 is 17.2 Å². The van der Waals surface area contributed by atoms with Crippen LogP contribution in [0.3, 0.4) is 0 Å². The van der Waals surface area contributed by atoms with Gasteiger partial charge in [-0.2, -0.15) is 15.3 Å². The van der Waals surface area contributed by atoms with Gasteiger partial charge in [-0.1, -0.05) is 72.8 Å². The van der Waals surface area contributed by atoms with Gasteiger partial charge in [0.05, 0.1) is 40.3 Å². The number of aromatic amines is 1. The van der Waals surface area contributed by atoms with E-state index in [-0.39, 0.29) is 0 Å². The summed E-state index contributed by atoms with van der Waals surface area (Å²) < 4.78 is 4.93. The Morgan fingerprint density at radius 3 is 1.84 bits per heavy atom. The molecule has 3 heterocycles. The van der Waals surface area contributed by atoms with Crippen LogP contribution in [0.25, 0.3) is 44.1 Å². The van der Waals surface area contributed by atoms with E-state index in [2.05, 4.69) is 43.0 Å². The summed E-state index contributed by atoms with van der Waals surface area (Å²) in [5.74, 6) is 0. The first kappa shape index (κ1) is 32.8. The third kappa shape index (κ3) is 8.62. The largest absolute Gasteiger partial charge is 0.399 e. The molecule has 0 radical (unpaired) electrons. The zero-order valence-electron chi connectivity index (χ0n) is 26.4. The fraction of sp³-hybridized carbons (Fsp3) is 0. The Morgan fingerprint density at radius 1 is 0.551 bits per heavy atom. The normalized spacial score (nSPS) is 10.4. The van der Waals surface area contributed by atoms with Gasteiger partial charge >= 0.3 is 0 Å². The van der Waals surface area contributed by atoms with Crippen LogP contribution in [-0.2, 0) is 0 Å². The number of nitrogens with one attached hydrogen (secondary N) is 1. The number of H-pyrrole nitrogens is 1. The molecular weight excluding hydrogens is 721 g/mol. The van der Waals surface area contributed by atoms with Crippen molar-refractivity contribution in [3.8, 4) is 11.4 Å². The summed E-state index contributed by atoms with van der Waals surface area (Å²) in [5, 5.41) is 19.0. The molecule has 6 aromatic carbocycles. The number of nitrogens with zero attached hydrogens (tertiary/aromatic N) is 5. The summed E-state index contributed by atoms with van der Waals surface area (Å²) in [7, 11) is 0. The molecule has 0 saturated heterocycles. The number of nitrogen functional groups attached to an aromatic ring is 3. The highest BCUT2D eigenvalue weighted by Gasteiger charge is 2.04. The zero-order valence-corrected chi connectivity index (χ0v) is 28.6. The molecule has 0 bridgehead atoms. The van der Waals surface area contributed by atoms with Crippen LogP contribution in [0.2, 0.25) is 0 Å². The molecule has 242 valence electrons. The van der Waals surface area contributed by atoms with Gasteiger partial charge in [-0.15, -0.1) is 0 Å². The Morgan fingerprint density at radius 2 is 1.16 bits per heavy atom. The lowest BCUT2D eigenvalue weighted by atomic mass is 10.2. The summed E-state index contributed by atoms with van der Waals surface area (Å²) in [4.78, 5) is 0. The van der Waals surface area contributed by atoms with Crippen LogP contribution in [-0.4, -0.2) is 29.8 Å². The molecule has 0 atom stereocenters. The summed E-state index contributed by atoms with van der Waals surface area (Å²) in [6, 6.07) is 47.3. The van der Waals surface area contributed by atoms with E-state index in [1.54, 1.807) is 0 Å². The Kier molecular flexibility index (Phi) is 10.5. The first-order valence-electron chi connectivity index (χ1n) is 15.4. The van der Waals surface area contributed by atoms with Crippen molar-refractivity contribution in [2.45, 2.75) is 0 Å². The lowest BCUT2D eigenvalue weighted by molar-refractivity contribution is 0.897. The van der Waals surface area contributed by atoms with E-state index in [9.17, 15) is 0 Å². The van der Waals surface area contributed by atoms with Crippen molar-refractivity contribution >= 4 is 72.4 Å². The van der Waals surface area contributed by atoms with Gasteiger partial charge in [0.15, 0.2) is 0 Å². The molecule has 0 saturated carbocycles. The highest BCUT2D eigenvalue weighted by molar-refractivity contribution is 14.1. The minimum absolute atomic E-state index is 0.747. The third-order valence-electron chi connectivity index (χ3n) is 7.34. The van der Waals surface area contributed by atoms with Crippen LogP contribution >= 0.6 is 22.6 Å². The van der Waals surface area contributed by atoms with Gasteiger partial charge in [0, 0.05) is 43.0 Å². The standard InChI is InChI=1S/2C13H11N3.C7H6N2.C6H6IN/c14-11-5-3-6-12(8-11)16-9-10-4-1-2-7-13(10)15-16;14-11-5-3-6-12(8-11)16-13-7-2-1-4-10(13)9-15-16;1-2-4-7-6(3-1)5-8-9-7;7-5-2-1-3-6(8)4-5/h2*1-9H,14H2;1-5H,(H,8,9);1-4H,8H2. The lowest BCUT2D eigenvalue weighted by Crippen LogP contribution is -1.96. The third-order valence-corrected chi connectivity index (χ3v) is 8.01. The van der Waals surface area contributed by atoms with Crippen molar-refractivity contribution in [1.29, 1.82) is 0 Å². The maximum atomic E-state index is 5.77.